The van der Waals surface area contributed by atoms with Gasteiger partial charge in [-0.1, -0.05) is 30.3 Å². The second kappa shape index (κ2) is 12.6. The lowest BCUT2D eigenvalue weighted by molar-refractivity contribution is 0.401. The standard InChI is InChI=1S/C28H28F2N6O3S/c1-17-15-22(24(29)25(30)23(17)26(36-40(37)38)18-7-3-2-4-8-18)39-27-20(10-6-13-32-27)21-11-14-33-28(35-21)34-19-9-5-12-31-16-19/h2-4,6-8,10-11,13-15,19,26,31,36H,5,9,12,16H2,1H3,(H,37,38)(H,33,34,35)/t19-,26-/m0/s1. The minimum atomic E-state index is -2.49. The van der Waals surface area contributed by atoms with Gasteiger partial charge in [0.2, 0.25) is 28.9 Å². The average Bonchev–Trinajstić information content (AvgIpc) is 2.96. The van der Waals surface area contributed by atoms with Crippen LogP contribution in [0.15, 0.2) is 67.0 Å². The Bertz CT molecular complexity index is 1510. The predicted molar refractivity (Wildman–Crippen MR) is 148 cm³/mol. The molecule has 1 unspecified atom stereocenters. The molecule has 4 N–H and O–H groups in total. The minimum Gasteiger partial charge on any atom is -0.435 e. The quantitative estimate of drug-likeness (QED) is 0.211. The summed E-state index contributed by atoms with van der Waals surface area (Å²) in [6.45, 7) is 3.37. The molecular weight excluding hydrogens is 538 g/mol. The fourth-order valence-corrected chi connectivity index (χ4v) is 5.17. The summed E-state index contributed by atoms with van der Waals surface area (Å²) in [5.41, 5.74) is 1.66. The van der Waals surface area contributed by atoms with Crippen LogP contribution in [0.25, 0.3) is 11.3 Å². The number of halogens is 2. The van der Waals surface area contributed by atoms with Gasteiger partial charge in [-0.25, -0.2) is 28.3 Å². The number of benzene rings is 2. The van der Waals surface area contributed by atoms with E-state index in [1.807, 2.05) is 0 Å². The summed E-state index contributed by atoms with van der Waals surface area (Å²) in [6, 6.07) is 14.0. The van der Waals surface area contributed by atoms with E-state index in [9.17, 15) is 8.76 Å². The Labute approximate surface area is 232 Å². The van der Waals surface area contributed by atoms with Crippen molar-refractivity contribution >= 4 is 17.2 Å². The van der Waals surface area contributed by atoms with E-state index >= 15 is 8.78 Å². The smallest absolute Gasteiger partial charge is 0.232 e. The number of nitrogens with zero attached hydrogens (tertiary/aromatic N) is 3. The van der Waals surface area contributed by atoms with Crippen LogP contribution in [-0.2, 0) is 11.3 Å². The maximum atomic E-state index is 15.6. The molecule has 3 atom stereocenters. The van der Waals surface area contributed by atoms with Gasteiger partial charge < -0.3 is 15.4 Å². The molecule has 40 heavy (non-hydrogen) atoms. The molecule has 208 valence electrons. The Morgan fingerprint density at radius 2 is 1.93 bits per heavy atom. The van der Waals surface area contributed by atoms with Gasteiger partial charge in [-0.05, 0) is 61.7 Å². The van der Waals surface area contributed by atoms with E-state index < -0.39 is 28.9 Å². The summed E-state index contributed by atoms with van der Waals surface area (Å²) in [6.07, 6.45) is 5.14. The molecule has 0 aliphatic carbocycles. The molecule has 9 nitrogen and oxygen atoms in total. The van der Waals surface area contributed by atoms with Crippen LogP contribution in [0.2, 0.25) is 0 Å². The molecule has 2 aromatic carbocycles. The zero-order chi connectivity index (χ0) is 28.1. The molecule has 1 fully saturated rings. The summed E-state index contributed by atoms with van der Waals surface area (Å²) in [4.78, 5) is 13.2. The molecule has 12 heteroatoms. The summed E-state index contributed by atoms with van der Waals surface area (Å²) in [5.74, 6) is -2.35. The summed E-state index contributed by atoms with van der Waals surface area (Å²) >= 11 is -2.49. The first-order valence-corrected chi connectivity index (χ1v) is 13.9. The molecule has 3 heterocycles. The van der Waals surface area contributed by atoms with Gasteiger partial charge in [-0.15, -0.1) is 0 Å². The van der Waals surface area contributed by atoms with Crippen LogP contribution in [0.1, 0.15) is 35.6 Å². The second-order valence-electron chi connectivity index (χ2n) is 9.36. The molecule has 1 saturated heterocycles. The largest absolute Gasteiger partial charge is 0.435 e. The Morgan fingerprint density at radius 1 is 1.10 bits per heavy atom. The van der Waals surface area contributed by atoms with Crippen molar-refractivity contribution in [3.8, 4) is 22.9 Å². The third-order valence-electron chi connectivity index (χ3n) is 6.60. The number of piperidine rings is 1. The van der Waals surface area contributed by atoms with Gasteiger partial charge in [-0.2, -0.15) is 4.39 Å². The SMILES string of the molecule is Cc1cc(Oc2ncccc2-c2ccnc(N[C@H]3CCCNC3)n2)c(F)c(F)c1[C@@H](NS(=O)O)c1ccccc1. The van der Waals surface area contributed by atoms with Crippen LogP contribution in [0, 0.1) is 18.6 Å². The molecule has 1 aliphatic rings. The monoisotopic (exact) mass is 566 g/mol. The van der Waals surface area contributed by atoms with Crippen LogP contribution >= 0.6 is 0 Å². The van der Waals surface area contributed by atoms with Gasteiger partial charge in [0.1, 0.15) is 0 Å². The maximum Gasteiger partial charge on any atom is 0.232 e. The highest BCUT2D eigenvalue weighted by atomic mass is 32.2. The number of ether oxygens (including phenoxy) is 1. The Balaban J connectivity index is 1.46. The summed E-state index contributed by atoms with van der Waals surface area (Å²) < 4.78 is 60.4. The van der Waals surface area contributed by atoms with Crippen LogP contribution < -0.4 is 20.1 Å². The van der Waals surface area contributed by atoms with Crippen LogP contribution in [0.3, 0.4) is 0 Å². The van der Waals surface area contributed by atoms with Crippen molar-refractivity contribution < 1.29 is 22.3 Å². The lowest BCUT2D eigenvalue weighted by Gasteiger charge is -2.23. The van der Waals surface area contributed by atoms with Gasteiger partial charge >= 0.3 is 0 Å². The molecule has 0 radical (unpaired) electrons. The van der Waals surface area contributed by atoms with E-state index in [2.05, 4.69) is 30.3 Å². The molecular formula is C28H28F2N6O3S. The van der Waals surface area contributed by atoms with E-state index in [1.165, 1.54) is 12.3 Å². The van der Waals surface area contributed by atoms with E-state index in [4.69, 9.17) is 4.74 Å². The molecule has 1 aliphatic heterocycles. The van der Waals surface area contributed by atoms with Crippen molar-refractivity contribution in [2.24, 2.45) is 0 Å². The third-order valence-corrected chi connectivity index (χ3v) is 7.03. The first kappa shape index (κ1) is 27.7. The highest BCUT2D eigenvalue weighted by molar-refractivity contribution is 7.77. The molecule has 2 aromatic heterocycles. The third kappa shape index (κ3) is 6.31. The zero-order valence-corrected chi connectivity index (χ0v) is 22.4. The number of hydrogen-bond acceptors (Lipinski definition) is 7. The van der Waals surface area contributed by atoms with Crippen molar-refractivity contribution in [1.29, 1.82) is 0 Å². The number of anilines is 1. The number of pyridine rings is 1. The maximum absolute atomic E-state index is 15.6. The van der Waals surface area contributed by atoms with Crippen LogP contribution in [0.4, 0.5) is 14.7 Å². The van der Waals surface area contributed by atoms with Gasteiger partial charge in [0.05, 0.1) is 17.3 Å². The highest BCUT2D eigenvalue weighted by Gasteiger charge is 2.27. The summed E-state index contributed by atoms with van der Waals surface area (Å²) in [7, 11) is 0. The molecule has 0 bridgehead atoms. The lowest BCUT2D eigenvalue weighted by Crippen LogP contribution is -2.38. The van der Waals surface area contributed by atoms with Gasteiger partial charge in [0.25, 0.3) is 0 Å². The van der Waals surface area contributed by atoms with E-state index in [0.29, 0.717) is 28.3 Å². The number of aromatic nitrogens is 3. The Kier molecular flexibility index (Phi) is 8.70. The first-order chi connectivity index (χ1) is 19.4. The molecule has 5 rings (SSSR count). The number of aryl methyl sites for hydroxylation is 1. The predicted octanol–water partition coefficient (Wildman–Crippen LogP) is 4.90. The molecule has 0 spiro atoms. The summed E-state index contributed by atoms with van der Waals surface area (Å²) in [5, 5.41) is 6.66. The van der Waals surface area contributed by atoms with E-state index in [0.717, 1.165) is 25.9 Å². The minimum absolute atomic E-state index is 0.0335. The Hall–Kier alpha value is -3.84. The first-order valence-electron chi connectivity index (χ1n) is 12.7. The van der Waals surface area contributed by atoms with Crippen molar-refractivity contribution in [2.75, 3.05) is 18.4 Å². The van der Waals surface area contributed by atoms with Crippen molar-refractivity contribution in [2.45, 2.75) is 31.8 Å². The average molecular weight is 567 g/mol. The van der Waals surface area contributed by atoms with Crippen molar-refractivity contribution in [3.63, 3.8) is 0 Å². The van der Waals surface area contributed by atoms with Gasteiger partial charge in [0, 0.05) is 30.5 Å². The van der Waals surface area contributed by atoms with Crippen molar-refractivity contribution in [3.05, 3.63) is 95.3 Å². The molecule has 0 saturated carbocycles. The van der Waals surface area contributed by atoms with Gasteiger partial charge in [0.15, 0.2) is 11.6 Å². The van der Waals surface area contributed by atoms with Crippen LogP contribution in [-0.4, -0.2) is 42.8 Å². The highest BCUT2D eigenvalue weighted by Crippen LogP contribution is 2.37. The lowest BCUT2D eigenvalue weighted by atomic mass is 9.94. The molecule has 0 amide bonds. The molecule has 4 aromatic rings. The Morgan fingerprint density at radius 3 is 2.67 bits per heavy atom. The van der Waals surface area contributed by atoms with E-state index in [-0.39, 0.29) is 23.2 Å². The normalized spacial score (nSPS) is 16.8. The fraction of sp³-hybridized carbons (Fsp3) is 0.250. The fourth-order valence-electron chi connectivity index (χ4n) is 4.71. The van der Waals surface area contributed by atoms with E-state index in [1.54, 1.807) is 61.7 Å². The zero-order valence-electron chi connectivity index (χ0n) is 21.6. The van der Waals surface area contributed by atoms with Crippen molar-refractivity contribution in [1.82, 2.24) is 25.0 Å². The number of nitrogens with one attached hydrogen (secondary N) is 3. The second-order valence-corrected chi connectivity index (χ2v) is 10.1. The number of rotatable bonds is 9. The van der Waals surface area contributed by atoms with Crippen LogP contribution in [0.5, 0.6) is 11.6 Å². The number of hydrogen-bond donors (Lipinski definition) is 4. The topological polar surface area (TPSA) is 121 Å². The van der Waals surface area contributed by atoms with Gasteiger partial charge in [-0.3, -0.25) is 4.55 Å².